The molecule has 0 radical (unpaired) electrons. The molecule has 0 saturated carbocycles. The topological polar surface area (TPSA) is 46.5 Å². The fraction of sp³-hybridized carbons (Fsp3) is 0.500. The Morgan fingerprint density at radius 2 is 2.18 bits per heavy atom. The van der Waals surface area contributed by atoms with E-state index in [0.29, 0.717) is 6.42 Å². The maximum Gasteiger partial charge on any atom is 0.303 e. The summed E-state index contributed by atoms with van der Waals surface area (Å²) in [5, 5.41) is 8.57. The van der Waals surface area contributed by atoms with E-state index >= 15 is 0 Å². The lowest BCUT2D eigenvalue weighted by atomic mass is 10.1. The van der Waals surface area contributed by atoms with Crippen LogP contribution >= 0.6 is 0 Å². The molecule has 0 heterocycles. The van der Waals surface area contributed by atoms with Crippen molar-refractivity contribution in [3.05, 3.63) is 29.3 Å². The highest BCUT2D eigenvalue weighted by Gasteiger charge is 2.02. The Morgan fingerprint density at radius 1 is 1.41 bits per heavy atom. The summed E-state index contributed by atoms with van der Waals surface area (Å²) in [5.41, 5.74) is 2.29. The maximum atomic E-state index is 10.4. The standard InChI is InChI=1S/C14H20O3/c1-3-9-17-13-8-7-12(10-11(13)2)5-4-6-14(15)16/h7-8,10H,3-6,9H2,1-2H3,(H,15,16). The molecule has 94 valence electrons. The van der Waals surface area contributed by atoms with E-state index in [4.69, 9.17) is 9.84 Å². The van der Waals surface area contributed by atoms with Crippen molar-refractivity contribution in [3.8, 4) is 5.75 Å². The van der Waals surface area contributed by atoms with Crippen LogP contribution in [0, 0.1) is 6.92 Å². The average molecular weight is 236 g/mol. The fourth-order valence-corrected chi connectivity index (χ4v) is 1.68. The number of carboxylic acids is 1. The van der Waals surface area contributed by atoms with Crippen LogP contribution in [-0.4, -0.2) is 17.7 Å². The number of hydrogen-bond acceptors (Lipinski definition) is 2. The van der Waals surface area contributed by atoms with Gasteiger partial charge in [0.1, 0.15) is 5.75 Å². The Kier molecular flexibility index (Phi) is 5.53. The number of carbonyl (C=O) groups is 1. The predicted molar refractivity (Wildman–Crippen MR) is 67.5 cm³/mol. The van der Waals surface area contributed by atoms with Crippen LogP contribution in [0.3, 0.4) is 0 Å². The average Bonchev–Trinajstić information content (AvgIpc) is 2.27. The van der Waals surface area contributed by atoms with Gasteiger partial charge in [-0.15, -0.1) is 0 Å². The number of rotatable bonds is 7. The highest BCUT2D eigenvalue weighted by atomic mass is 16.5. The third-order valence-electron chi connectivity index (χ3n) is 2.56. The molecule has 1 rings (SSSR count). The molecule has 0 aromatic heterocycles. The Labute approximate surface area is 102 Å². The van der Waals surface area contributed by atoms with Gasteiger partial charge in [-0.2, -0.15) is 0 Å². The zero-order valence-electron chi connectivity index (χ0n) is 10.5. The molecule has 0 fully saturated rings. The molecule has 0 aliphatic rings. The first kappa shape index (κ1) is 13.6. The van der Waals surface area contributed by atoms with Crippen molar-refractivity contribution in [2.45, 2.75) is 39.5 Å². The molecule has 0 atom stereocenters. The molecule has 0 spiro atoms. The largest absolute Gasteiger partial charge is 0.493 e. The number of aliphatic carboxylic acids is 1. The molecule has 0 bridgehead atoms. The molecule has 1 aromatic rings. The molecule has 0 amide bonds. The molecule has 1 aromatic carbocycles. The van der Waals surface area contributed by atoms with Crippen molar-refractivity contribution in [1.29, 1.82) is 0 Å². The first-order chi connectivity index (χ1) is 8.13. The second kappa shape index (κ2) is 6.94. The van der Waals surface area contributed by atoms with Crippen LogP contribution in [0.4, 0.5) is 0 Å². The lowest BCUT2D eigenvalue weighted by molar-refractivity contribution is -0.137. The van der Waals surface area contributed by atoms with Gasteiger partial charge in [-0.1, -0.05) is 19.1 Å². The van der Waals surface area contributed by atoms with Crippen molar-refractivity contribution >= 4 is 5.97 Å². The van der Waals surface area contributed by atoms with Gasteiger partial charge in [0, 0.05) is 6.42 Å². The third kappa shape index (κ3) is 4.89. The van der Waals surface area contributed by atoms with Crippen LogP contribution in [0.15, 0.2) is 18.2 Å². The fourth-order valence-electron chi connectivity index (χ4n) is 1.68. The summed E-state index contributed by atoms with van der Waals surface area (Å²) < 4.78 is 5.59. The van der Waals surface area contributed by atoms with Crippen LogP contribution in [0.1, 0.15) is 37.3 Å². The maximum absolute atomic E-state index is 10.4. The molecule has 0 unspecified atom stereocenters. The quantitative estimate of drug-likeness (QED) is 0.790. The molecular weight excluding hydrogens is 216 g/mol. The zero-order chi connectivity index (χ0) is 12.7. The summed E-state index contributed by atoms with van der Waals surface area (Å²) >= 11 is 0. The summed E-state index contributed by atoms with van der Waals surface area (Å²) in [6.07, 6.45) is 2.72. The summed E-state index contributed by atoms with van der Waals surface area (Å²) in [7, 11) is 0. The van der Waals surface area contributed by atoms with Crippen molar-refractivity contribution in [3.63, 3.8) is 0 Å². The number of hydrogen-bond donors (Lipinski definition) is 1. The van der Waals surface area contributed by atoms with Crippen LogP contribution in [0.25, 0.3) is 0 Å². The second-order valence-corrected chi connectivity index (χ2v) is 4.20. The minimum absolute atomic E-state index is 0.229. The summed E-state index contributed by atoms with van der Waals surface area (Å²) in [5.74, 6) is 0.193. The van der Waals surface area contributed by atoms with Crippen LogP contribution in [-0.2, 0) is 11.2 Å². The lowest BCUT2D eigenvalue weighted by Crippen LogP contribution is -1.99. The van der Waals surface area contributed by atoms with E-state index in [2.05, 4.69) is 13.0 Å². The Hall–Kier alpha value is -1.51. The van der Waals surface area contributed by atoms with E-state index in [0.717, 1.165) is 30.8 Å². The van der Waals surface area contributed by atoms with E-state index in [9.17, 15) is 4.79 Å². The van der Waals surface area contributed by atoms with Gasteiger partial charge in [0.25, 0.3) is 0 Å². The first-order valence-corrected chi connectivity index (χ1v) is 6.07. The van der Waals surface area contributed by atoms with Gasteiger partial charge in [0.2, 0.25) is 0 Å². The van der Waals surface area contributed by atoms with Gasteiger partial charge in [-0.3, -0.25) is 4.79 Å². The van der Waals surface area contributed by atoms with Gasteiger partial charge in [0.15, 0.2) is 0 Å². The summed E-state index contributed by atoms with van der Waals surface area (Å²) in [6.45, 7) is 4.83. The van der Waals surface area contributed by atoms with Gasteiger partial charge < -0.3 is 9.84 Å². The van der Waals surface area contributed by atoms with E-state index in [1.54, 1.807) is 0 Å². The molecule has 17 heavy (non-hydrogen) atoms. The van der Waals surface area contributed by atoms with Crippen LogP contribution < -0.4 is 4.74 Å². The Morgan fingerprint density at radius 3 is 2.76 bits per heavy atom. The number of ether oxygens (including phenoxy) is 1. The molecule has 1 N–H and O–H groups in total. The van der Waals surface area contributed by atoms with Gasteiger partial charge >= 0.3 is 5.97 Å². The summed E-state index contributed by atoms with van der Waals surface area (Å²) in [4.78, 5) is 10.4. The number of carboxylic acid groups (broad SMARTS) is 1. The van der Waals surface area contributed by atoms with E-state index < -0.39 is 5.97 Å². The van der Waals surface area contributed by atoms with E-state index in [1.165, 1.54) is 5.56 Å². The van der Waals surface area contributed by atoms with Crippen molar-refractivity contribution in [2.75, 3.05) is 6.61 Å². The molecule has 0 saturated heterocycles. The Bertz CT molecular complexity index is 372. The van der Waals surface area contributed by atoms with E-state index in [1.807, 2.05) is 19.1 Å². The van der Waals surface area contributed by atoms with Gasteiger partial charge in [0.05, 0.1) is 6.61 Å². The van der Waals surface area contributed by atoms with Crippen molar-refractivity contribution in [1.82, 2.24) is 0 Å². The second-order valence-electron chi connectivity index (χ2n) is 4.20. The minimum atomic E-state index is -0.732. The minimum Gasteiger partial charge on any atom is -0.493 e. The van der Waals surface area contributed by atoms with Crippen LogP contribution in [0.2, 0.25) is 0 Å². The third-order valence-corrected chi connectivity index (χ3v) is 2.56. The smallest absolute Gasteiger partial charge is 0.303 e. The van der Waals surface area contributed by atoms with Crippen LogP contribution in [0.5, 0.6) is 5.75 Å². The SMILES string of the molecule is CCCOc1ccc(CCCC(=O)O)cc1C. The normalized spacial score (nSPS) is 10.2. The van der Waals surface area contributed by atoms with Gasteiger partial charge in [-0.25, -0.2) is 0 Å². The molecule has 0 aliphatic carbocycles. The monoisotopic (exact) mass is 236 g/mol. The van der Waals surface area contributed by atoms with Crippen molar-refractivity contribution in [2.24, 2.45) is 0 Å². The number of benzene rings is 1. The van der Waals surface area contributed by atoms with Gasteiger partial charge in [-0.05, 0) is 43.4 Å². The predicted octanol–water partition coefficient (Wildman–Crippen LogP) is 3.19. The molecule has 3 heteroatoms. The molecule has 0 aliphatic heterocycles. The lowest BCUT2D eigenvalue weighted by Gasteiger charge is -2.09. The highest BCUT2D eigenvalue weighted by Crippen LogP contribution is 2.20. The zero-order valence-corrected chi connectivity index (χ0v) is 10.5. The number of aryl methyl sites for hydroxylation is 2. The first-order valence-electron chi connectivity index (χ1n) is 6.07. The van der Waals surface area contributed by atoms with Crippen molar-refractivity contribution < 1.29 is 14.6 Å². The molecule has 3 nitrogen and oxygen atoms in total. The Balaban J connectivity index is 2.52. The summed E-state index contributed by atoms with van der Waals surface area (Å²) in [6, 6.07) is 6.06. The van der Waals surface area contributed by atoms with E-state index in [-0.39, 0.29) is 6.42 Å². The highest BCUT2D eigenvalue weighted by molar-refractivity contribution is 5.66. The molecular formula is C14H20O3.